The highest BCUT2D eigenvalue weighted by molar-refractivity contribution is 9.09. The van der Waals surface area contributed by atoms with Crippen molar-refractivity contribution in [2.75, 3.05) is 11.9 Å². The lowest BCUT2D eigenvalue weighted by atomic mass is 10.00. The maximum absolute atomic E-state index is 12.7. The average Bonchev–Trinajstić information content (AvgIpc) is 2.91. The zero-order valence-electron chi connectivity index (χ0n) is 11.3. The molecular weight excluding hydrogens is 318 g/mol. The molecule has 1 aliphatic rings. The van der Waals surface area contributed by atoms with Gasteiger partial charge in [-0.15, -0.1) is 0 Å². The summed E-state index contributed by atoms with van der Waals surface area (Å²) in [7, 11) is 0. The summed E-state index contributed by atoms with van der Waals surface area (Å²) in [5, 5.41) is 1.92. The van der Waals surface area contributed by atoms with Gasteiger partial charge in [0.2, 0.25) is 0 Å². The summed E-state index contributed by atoms with van der Waals surface area (Å²) in [4.78, 5) is 14.7. The fraction of sp³-hybridized carbons (Fsp3) is 0.438. The lowest BCUT2D eigenvalue weighted by Crippen LogP contribution is -2.43. The molecule has 3 nitrogen and oxygen atoms in total. The molecule has 2 aromatic rings. The second kappa shape index (κ2) is 6.00. The minimum Gasteiger partial charge on any atom is -0.451 e. The number of halogens is 1. The van der Waals surface area contributed by atoms with Crippen LogP contribution in [-0.4, -0.2) is 28.7 Å². The van der Waals surface area contributed by atoms with Crippen LogP contribution < -0.4 is 0 Å². The van der Waals surface area contributed by atoms with E-state index < -0.39 is 0 Å². The number of piperidine rings is 1. The molecule has 3 rings (SSSR count). The fourth-order valence-corrected chi connectivity index (χ4v) is 3.45. The number of hydrogen-bond donors (Lipinski definition) is 0. The molecule has 0 aliphatic carbocycles. The molecule has 0 N–H and O–H groups in total. The van der Waals surface area contributed by atoms with Crippen molar-refractivity contribution >= 4 is 32.8 Å². The third kappa shape index (κ3) is 2.62. The lowest BCUT2D eigenvalue weighted by Gasteiger charge is -2.35. The van der Waals surface area contributed by atoms with E-state index in [1.54, 1.807) is 0 Å². The molecule has 1 aromatic heterocycles. The first-order chi connectivity index (χ1) is 9.79. The van der Waals surface area contributed by atoms with Crippen molar-refractivity contribution in [2.24, 2.45) is 0 Å². The smallest absolute Gasteiger partial charge is 0.289 e. The predicted molar refractivity (Wildman–Crippen MR) is 83.3 cm³/mol. The number of amides is 1. The number of carbonyl (C=O) groups excluding carboxylic acids is 1. The second-order valence-electron chi connectivity index (χ2n) is 5.27. The number of nitrogens with zero attached hydrogens (tertiary/aromatic N) is 1. The molecule has 0 saturated carbocycles. The van der Waals surface area contributed by atoms with Gasteiger partial charge >= 0.3 is 0 Å². The zero-order chi connectivity index (χ0) is 13.9. The van der Waals surface area contributed by atoms with Gasteiger partial charge in [0.05, 0.1) is 0 Å². The Labute approximate surface area is 127 Å². The highest BCUT2D eigenvalue weighted by Crippen LogP contribution is 2.25. The van der Waals surface area contributed by atoms with Crippen molar-refractivity contribution in [3.63, 3.8) is 0 Å². The maximum Gasteiger partial charge on any atom is 0.289 e. The molecule has 4 heteroatoms. The molecule has 1 atom stereocenters. The van der Waals surface area contributed by atoms with Crippen LogP contribution in [0.25, 0.3) is 11.0 Å². The van der Waals surface area contributed by atoms with Gasteiger partial charge in [0, 0.05) is 23.3 Å². The molecule has 2 heterocycles. The number of fused-ring (bicyclic) bond motifs is 1. The van der Waals surface area contributed by atoms with E-state index in [4.69, 9.17) is 4.42 Å². The Morgan fingerprint density at radius 1 is 1.35 bits per heavy atom. The highest BCUT2D eigenvalue weighted by atomic mass is 79.9. The second-order valence-corrected chi connectivity index (χ2v) is 6.07. The Morgan fingerprint density at radius 3 is 3.00 bits per heavy atom. The van der Waals surface area contributed by atoms with Crippen LogP contribution in [0.4, 0.5) is 0 Å². The van der Waals surface area contributed by atoms with Gasteiger partial charge in [0.15, 0.2) is 5.76 Å². The fourth-order valence-electron chi connectivity index (χ4n) is 2.92. The molecule has 1 aromatic carbocycles. The molecule has 1 saturated heterocycles. The monoisotopic (exact) mass is 335 g/mol. The molecule has 106 valence electrons. The number of furan rings is 1. The highest BCUT2D eigenvalue weighted by Gasteiger charge is 2.28. The summed E-state index contributed by atoms with van der Waals surface area (Å²) in [6.07, 6.45) is 4.40. The van der Waals surface area contributed by atoms with Gasteiger partial charge in [-0.25, -0.2) is 0 Å². The Balaban J connectivity index is 1.86. The Hall–Kier alpha value is -1.29. The van der Waals surface area contributed by atoms with Crippen molar-refractivity contribution in [3.05, 3.63) is 36.1 Å². The number of alkyl halides is 1. The van der Waals surface area contributed by atoms with Gasteiger partial charge in [-0.1, -0.05) is 34.1 Å². The Bertz CT molecular complexity index is 572. The molecule has 0 bridgehead atoms. The largest absolute Gasteiger partial charge is 0.451 e. The molecular formula is C16H18BrNO2. The van der Waals surface area contributed by atoms with Crippen molar-refractivity contribution in [2.45, 2.75) is 31.7 Å². The molecule has 1 fully saturated rings. The summed E-state index contributed by atoms with van der Waals surface area (Å²) in [6.45, 7) is 0.841. The first-order valence-electron chi connectivity index (χ1n) is 7.15. The molecule has 20 heavy (non-hydrogen) atoms. The average molecular weight is 336 g/mol. The van der Waals surface area contributed by atoms with Crippen molar-refractivity contribution in [1.29, 1.82) is 0 Å². The minimum absolute atomic E-state index is 0.0341. The topological polar surface area (TPSA) is 33.5 Å². The summed E-state index contributed by atoms with van der Waals surface area (Å²) in [6, 6.07) is 9.95. The molecule has 1 aliphatic heterocycles. The number of rotatable bonds is 3. The van der Waals surface area contributed by atoms with Gasteiger partial charge in [-0.2, -0.15) is 0 Å². The third-order valence-corrected chi connectivity index (χ3v) is 4.42. The van der Waals surface area contributed by atoms with E-state index in [0.717, 1.165) is 42.1 Å². The van der Waals surface area contributed by atoms with Crippen LogP contribution in [0.2, 0.25) is 0 Å². The number of hydrogen-bond acceptors (Lipinski definition) is 2. The summed E-state index contributed by atoms with van der Waals surface area (Å²) in [5.74, 6) is 0.500. The van der Waals surface area contributed by atoms with Gasteiger partial charge in [0.1, 0.15) is 5.58 Å². The van der Waals surface area contributed by atoms with Crippen LogP contribution in [0.1, 0.15) is 36.2 Å². The molecule has 1 amide bonds. The summed E-state index contributed by atoms with van der Waals surface area (Å²) < 4.78 is 5.71. The number of carbonyl (C=O) groups is 1. The van der Waals surface area contributed by atoms with Crippen LogP contribution in [0, 0.1) is 0 Å². The quantitative estimate of drug-likeness (QED) is 0.787. The van der Waals surface area contributed by atoms with Crippen LogP contribution in [0.5, 0.6) is 0 Å². The van der Waals surface area contributed by atoms with Crippen molar-refractivity contribution < 1.29 is 9.21 Å². The van der Waals surface area contributed by atoms with Crippen molar-refractivity contribution in [1.82, 2.24) is 4.90 Å². The maximum atomic E-state index is 12.7. The van der Waals surface area contributed by atoms with E-state index in [-0.39, 0.29) is 5.91 Å². The Kier molecular flexibility index (Phi) is 4.10. The van der Waals surface area contributed by atoms with Crippen molar-refractivity contribution in [3.8, 4) is 0 Å². The summed E-state index contributed by atoms with van der Waals surface area (Å²) in [5.41, 5.74) is 0.782. The normalized spacial score (nSPS) is 19.4. The number of likely N-dealkylation sites (tertiary alicyclic amines) is 1. The number of para-hydroxylation sites is 1. The van der Waals surface area contributed by atoms with E-state index in [1.165, 1.54) is 6.42 Å². The van der Waals surface area contributed by atoms with Gasteiger partial charge < -0.3 is 9.32 Å². The van der Waals surface area contributed by atoms with Crippen LogP contribution in [-0.2, 0) is 0 Å². The van der Waals surface area contributed by atoms with E-state index in [9.17, 15) is 4.79 Å². The van der Waals surface area contributed by atoms with E-state index in [0.29, 0.717) is 11.8 Å². The molecule has 1 unspecified atom stereocenters. The first kappa shape index (κ1) is 13.7. The summed E-state index contributed by atoms with van der Waals surface area (Å²) >= 11 is 3.48. The first-order valence-corrected chi connectivity index (χ1v) is 8.27. The van der Waals surface area contributed by atoms with Gasteiger partial charge in [-0.05, 0) is 37.8 Å². The SMILES string of the molecule is O=C(c1cc2ccccc2o1)N1CCCCC1CCBr. The standard InChI is InChI=1S/C16H18BrNO2/c17-9-8-13-6-3-4-10-18(13)16(19)15-11-12-5-1-2-7-14(12)20-15/h1-2,5,7,11,13H,3-4,6,8-10H2. The molecule has 0 spiro atoms. The van der Waals surface area contributed by atoms with Gasteiger partial charge in [0.25, 0.3) is 5.91 Å². The van der Waals surface area contributed by atoms with E-state index in [1.807, 2.05) is 35.2 Å². The Morgan fingerprint density at radius 2 is 2.20 bits per heavy atom. The number of benzene rings is 1. The van der Waals surface area contributed by atoms with Crippen LogP contribution >= 0.6 is 15.9 Å². The lowest BCUT2D eigenvalue weighted by molar-refractivity contribution is 0.0580. The molecule has 0 radical (unpaired) electrons. The predicted octanol–water partition coefficient (Wildman–Crippen LogP) is 4.21. The van der Waals surface area contributed by atoms with E-state index in [2.05, 4.69) is 15.9 Å². The minimum atomic E-state index is 0.0341. The zero-order valence-corrected chi connectivity index (χ0v) is 12.9. The van der Waals surface area contributed by atoms with Crippen LogP contribution in [0.3, 0.4) is 0 Å². The van der Waals surface area contributed by atoms with Gasteiger partial charge in [-0.3, -0.25) is 4.79 Å². The third-order valence-electron chi connectivity index (χ3n) is 3.97. The van der Waals surface area contributed by atoms with Crippen LogP contribution in [0.15, 0.2) is 34.7 Å². The van der Waals surface area contributed by atoms with E-state index >= 15 is 0 Å².